The van der Waals surface area contributed by atoms with Crippen LogP contribution in [0, 0.1) is 13.8 Å². The van der Waals surface area contributed by atoms with Crippen LogP contribution in [0.3, 0.4) is 0 Å². The predicted octanol–water partition coefficient (Wildman–Crippen LogP) is 3.69. The van der Waals surface area contributed by atoms with Gasteiger partial charge in [0.05, 0.1) is 11.9 Å². The van der Waals surface area contributed by atoms with E-state index in [0.29, 0.717) is 21.3 Å². The zero-order chi connectivity index (χ0) is 19.5. The van der Waals surface area contributed by atoms with Crippen LogP contribution in [0.5, 0.6) is 0 Å². The van der Waals surface area contributed by atoms with Crippen molar-refractivity contribution in [1.29, 1.82) is 0 Å². The second kappa shape index (κ2) is 8.29. The maximum atomic E-state index is 12.4. The minimum Gasteiger partial charge on any atom is -0.350 e. The van der Waals surface area contributed by atoms with Gasteiger partial charge in [-0.2, -0.15) is 0 Å². The van der Waals surface area contributed by atoms with Gasteiger partial charge in [-0.05, 0) is 42.7 Å². The highest BCUT2D eigenvalue weighted by molar-refractivity contribution is 7.92. The third-order valence-electron chi connectivity index (χ3n) is 3.87. The molecule has 0 aliphatic heterocycles. The zero-order valence-corrected chi connectivity index (χ0v) is 17.0. The van der Waals surface area contributed by atoms with Gasteiger partial charge in [-0.3, -0.25) is 9.10 Å². The highest BCUT2D eigenvalue weighted by atomic mass is 35.5. The number of amides is 1. The number of hydrogen-bond acceptors (Lipinski definition) is 3. The quantitative estimate of drug-likeness (QED) is 0.783. The van der Waals surface area contributed by atoms with Gasteiger partial charge in [-0.15, -0.1) is 0 Å². The first-order valence-corrected chi connectivity index (χ1v) is 10.4. The second-order valence-corrected chi connectivity index (χ2v) is 8.77. The van der Waals surface area contributed by atoms with Crippen LogP contribution in [0.15, 0.2) is 36.4 Å². The Labute approximate surface area is 164 Å². The van der Waals surface area contributed by atoms with E-state index in [4.69, 9.17) is 23.2 Å². The fourth-order valence-corrected chi connectivity index (χ4v) is 4.05. The van der Waals surface area contributed by atoms with Crippen molar-refractivity contribution in [3.05, 3.63) is 63.1 Å². The lowest BCUT2D eigenvalue weighted by Crippen LogP contribution is -2.40. The van der Waals surface area contributed by atoms with Gasteiger partial charge in [0.2, 0.25) is 15.9 Å². The Hall–Kier alpha value is -1.76. The summed E-state index contributed by atoms with van der Waals surface area (Å²) in [4.78, 5) is 12.4. The van der Waals surface area contributed by atoms with Crippen molar-refractivity contribution >= 4 is 44.8 Å². The lowest BCUT2D eigenvalue weighted by Gasteiger charge is -2.25. The van der Waals surface area contributed by atoms with Crippen LogP contribution in [0.4, 0.5) is 5.69 Å². The minimum atomic E-state index is -3.63. The maximum Gasteiger partial charge on any atom is 0.241 e. The SMILES string of the molecule is Cc1cccc(C)c1N(CC(=O)NCc1ccc(Cl)cc1Cl)S(C)(=O)=O. The molecule has 2 aromatic rings. The number of anilines is 1. The summed E-state index contributed by atoms with van der Waals surface area (Å²) in [5.41, 5.74) is 2.78. The zero-order valence-electron chi connectivity index (χ0n) is 14.7. The number of nitrogens with zero attached hydrogens (tertiary/aromatic N) is 1. The largest absolute Gasteiger partial charge is 0.350 e. The molecule has 8 heteroatoms. The highest BCUT2D eigenvalue weighted by Gasteiger charge is 2.23. The normalized spacial score (nSPS) is 11.3. The second-order valence-electron chi connectivity index (χ2n) is 6.02. The molecule has 0 saturated heterocycles. The van der Waals surface area contributed by atoms with Crippen molar-refractivity contribution in [3.8, 4) is 0 Å². The Morgan fingerprint density at radius 1 is 1.12 bits per heavy atom. The number of halogens is 2. The van der Waals surface area contributed by atoms with Crippen LogP contribution in [0.1, 0.15) is 16.7 Å². The topological polar surface area (TPSA) is 66.5 Å². The number of nitrogens with one attached hydrogen (secondary N) is 1. The number of rotatable bonds is 6. The summed E-state index contributed by atoms with van der Waals surface area (Å²) >= 11 is 11.9. The highest BCUT2D eigenvalue weighted by Crippen LogP contribution is 2.26. The molecule has 0 atom stereocenters. The first kappa shape index (κ1) is 20.6. The average molecular weight is 415 g/mol. The molecular weight excluding hydrogens is 395 g/mol. The fraction of sp³-hybridized carbons (Fsp3) is 0.278. The molecule has 0 saturated carbocycles. The van der Waals surface area contributed by atoms with E-state index in [9.17, 15) is 13.2 Å². The summed E-state index contributed by atoms with van der Waals surface area (Å²) in [7, 11) is -3.63. The van der Waals surface area contributed by atoms with Crippen LogP contribution < -0.4 is 9.62 Å². The molecule has 0 bridgehead atoms. The molecule has 140 valence electrons. The Morgan fingerprint density at radius 2 is 1.73 bits per heavy atom. The molecule has 0 aliphatic carbocycles. The summed E-state index contributed by atoms with van der Waals surface area (Å²) in [5, 5.41) is 3.64. The first-order valence-electron chi connectivity index (χ1n) is 7.84. The molecule has 0 unspecified atom stereocenters. The first-order chi connectivity index (χ1) is 12.1. The van der Waals surface area contributed by atoms with Gasteiger partial charge in [0.15, 0.2) is 0 Å². The van der Waals surface area contributed by atoms with Gasteiger partial charge in [-0.1, -0.05) is 47.5 Å². The number of sulfonamides is 1. The van der Waals surface area contributed by atoms with Crippen LogP contribution in [-0.4, -0.2) is 27.1 Å². The third kappa shape index (κ3) is 5.13. The third-order valence-corrected chi connectivity index (χ3v) is 5.57. The average Bonchev–Trinajstić information content (AvgIpc) is 2.52. The Kier molecular flexibility index (Phi) is 6.55. The van der Waals surface area contributed by atoms with Crippen molar-refractivity contribution in [2.24, 2.45) is 0 Å². The lowest BCUT2D eigenvalue weighted by atomic mass is 10.1. The van der Waals surface area contributed by atoms with Gasteiger partial charge in [0, 0.05) is 16.6 Å². The predicted molar refractivity (Wildman–Crippen MR) is 106 cm³/mol. The van der Waals surface area contributed by atoms with E-state index < -0.39 is 15.9 Å². The number of benzene rings is 2. The molecular formula is C18H20Cl2N2O3S. The van der Waals surface area contributed by atoms with E-state index >= 15 is 0 Å². The van der Waals surface area contributed by atoms with Gasteiger partial charge in [0.25, 0.3) is 0 Å². The lowest BCUT2D eigenvalue weighted by molar-refractivity contribution is -0.119. The molecule has 0 heterocycles. The molecule has 2 aromatic carbocycles. The standard InChI is InChI=1S/C18H20Cl2N2O3S/c1-12-5-4-6-13(2)18(12)22(26(3,24)25)11-17(23)21-10-14-7-8-15(19)9-16(14)20/h4-9H,10-11H2,1-3H3,(H,21,23). The summed E-state index contributed by atoms with van der Waals surface area (Å²) in [5.74, 6) is -0.427. The molecule has 0 aliphatic rings. The van der Waals surface area contributed by atoms with Crippen LogP contribution in [0.25, 0.3) is 0 Å². The number of hydrogen-bond donors (Lipinski definition) is 1. The fourth-order valence-electron chi connectivity index (χ4n) is 2.61. The van der Waals surface area contributed by atoms with Crippen LogP contribution >= 0.6 is 23.2 Å². The summed E-state index contributed by atoms with van der Waals surface area (Å²) in [6.07, 6.45) is 1.09. The van der Waals surface area contributed by atoms with Crippen LogP contribution in [-0.2, 0) is 21.4 Å². The van der Waals surface area contributed by atoms with Crippen molar-refractivity contribution in [3.63, 3.8) is 0 Å². The van der Waals surface area contributed by atoms with E-state index in [0.717, 1.165) is 21.7 Å². The number of aryl methyl sites for hydroxylation is 2. The van der Waals surface area contributed by atoms with E-state index in [2.05, 4.69) is 5.32 Å². The number of carbonyl (C=O) groups is 1. The molecule has 0 spiro atoms. The maximum absolute atomic E-state index is 12.4. The molecule has 0 fully saturated rings. The van der Waals surface area contributed by atoms with Crippen molar-refractivity contribution in [2.75, 3.05) is 17.1 Å². The molecule has 26 heavy (non-hydrogen) atoms. The van der Waals surface area contributed by atoms with Crippen molar-refractivity contribution in [2.45, 2.75) is 20.4 Å². The molecule has 0 radical (unpaired) electrons. The monoisotopic (exact) mass is 414 g/mol. The molecule has 2 rings (SSSR count). The van der Waals surface area contributed by atoms with E-state index in [1.807, 2.05) is 32.0 Å². The number of carbonyl (C=O) groups excluding carboxylic acids is 1. The molecule has 1 N–H and O–H groups in total. The molecule has 0 aromatic heterocycles. The van der Waals surface area contributed by atoms with Gasteiger partial charge in [0.1, 0.15) is 6.54 Å². The minimum absolute atomic E-state index is 0.180. The number of para-hydroxylation sites is 1. The van der Waals surface area contributed by atoms with Crippen molar-refractivity contribution < 1.29 is 13.2 Å². The van der Waals surface area contributed by atoms with E-state index in [1.165, 1.54) is 0 Å². The van der Waals surface area contributed by atoms with Gasteiger partial charge in [-0.25, -0.2) is 8.42 Å². The smallest absolute Gasteiger partial charge is 0.241 e. The molecule has 1 amide bonds. The van der Waals surface area contributed by atoms with Crippen molar-refractivity contribution in [1.82, 2.24) is 5.32 Å². The van der Waals surface area contributed by atoms with Gasteiger partial charge >= 0.3 is 0 Å². The summed E-state index contributed by atoms with van der Waals surface area (Å²) in [6.45, 7) is 3.49. The van der Waals surface area contributed by atoms with Crippen LogP contribution in [0.2, 0.25) is 10.0 Å². The van der Waals surface area contributed by atoms with Gasteiger partial charge < -0.3 is 5.32 Å². The Morgan fingerprint density at radius 3 is 2.27 bits per heavy atom. The Bertz CT molecular complexity index is 910. The van der Waals surface area contributed by atoms with E-state index in [1.54, 1.807) is 18.2 Å². The summed E-state index contributed by atoms with van der Waals surface area (Å²) < 4.78 is 25.6. The molecule has 5 nitrogen and oxygen atoms in total. The summed E-state index contributed by atoms with van der Waals surface area (Å²) in [6, 6.07) is 10.4. The van der Waals surface area contributed by atoms with E-state index in [-0.39, 0.29) is 13.1 Å². The Balaban J connectivity index is 2.18.